The van der Waals surface area contributed by atoms with Gasteiger partial charge in [0.25, 0.3) is 0 Å². The summed E-state index contributed by atoms with van der Waals surface area (Å²) in [6.07, 6.45) is 4.55. The second-order valence-corrected chi connectivity index (χ2v) is 4.98. The fraction of sp³-hybridized carbons (Fsp3) is 0.538. The van der Waals surface area contributed by atoms with Crippen molar-refractivity contribution in [2.45, 2.75) is 18.9 Å². The minimum atomic E-state index is -0.492. The molecule has 0 radical (unpaired) electrons. The van der Waals surface area contributed by atoms with Crippen molar-refractivity contribution in [3.63, 3.8) is 0 Å². The van der Waals surface area contributed by atoms with E-state index in [0.717, 1.165) is 13.0 Å². The first kappa shape index (κ1) is 12.8. The molecule has 3 rings (SSSR count). The van der Waals surface area contributed by atoms with Crippen molar-refractivity contribution in [1.29, 1.82) is 0 Å². The van der Waals surface area contributed by atoms with Crippen molar-refractivity contribution in [3.05, 3.63) is 18.1 Å². The number of ether oxygens (including phenoxy) is 1. The van der Waals surface area contributed by atoms with Crippen LogP contribution in [0.5, 0.6) is 0 Å². The molecule has 2 aliphatic rings. The number of carbonyl (C=O) groups is 2. The van der Waals surface area contributed by atoms with Gasteiger partial charge >= 0.3 is 5.97 Å². The van der Waals surface area contributed by atoms with Crippen LogP contribution in [0.3, 0.4) is 0 Å². The molecule has 1 aromatic rings. The number of amides is 1. The van der Waals surface area contributed by atoms with Gasteiger partial charge in [0.1, 0.15) is 5.82 Å². The first-order valence-electron chi connectivity index (χ1n) is 6.64. The van der Waals surface area contributed by atoms with Crippen molar-refractivity contribution in [2.75, 3.05) is 31.6 Å². The highest BCUT2D eigenvalue weighted by molar-refractivity contribution is 5.87. The van der Waals surface area contributed by atoms with E-state index in [1.807, 2.05) is 4.90 Å². The van der Waals surface area contributed by atoms with Crippen molar-refractivity contribution in [2.24, 2.45) is 0 Å². The van der Waals surface area contributed by atoms with Crippen molar-refractivity contribution >= 4 is 17.7 Å². The number of methoxy groups -OCH3 is 1. The minimum Gasteiger partial charge on any atom is -0.464 e. The Morgan fingerprint density at radius 2 is 2.25 bits per heavy atom. The topological polar surface area (TPSA) is 75.6 Å². The summed E-state index contributed by atoms with van der Waals surface area (Å²) in [6.45, 7) is 2.15. The molecule has 106 valence electrons. The average molecular weight is 276 g/mol. The Morgan fingerprint density at radius 1 is 1.40 bits per heavy atom. The summed E-state index contributed by atoms with van der Waals surface area (Å²) in [4.78, 5) is 35.5. The molecule has 20 heavy (non-hydrogen) atoms. The third-order valence-electron chi connectivity index (χ3n) is 3.83. The highest BCUT2D eigenvalue weighted by Crippen LogP contribution is 2.25. The van der Waals surface area contributed by atoms with Gasteiger partial charge < -0.3 is 14.5 Å². The Labute approximate surface area is 116 Å². The maximum Gasteiger partial charge on any atom is 0.358 e. The maximum absolute atomic E-state index is 11.7. The van der Waals surface area contributed by atoms with Gasteiger partial charge in [-0.15, -0.1) is 0 Å². The van der Waals surface area contributed by atoms with Gasteiger partial charge in [0, 0.05) is 32.1 Å². The molecule has 0 bridgehead atoms. The number of carbonyl (C=O) groups excluding carboxylic acids is 2. The predicted octanol–water partition coefficient (Wildman–Crippen LogP) is 0.0742. The summed E-state index contributed by atoms with van der Waals surface area (Å²) in [5, 5.41) is 0. The lowest BCUT2D eigenvalue weighted by molar-refractivity contribution is -0.129. The lowest BCUT2D eigenvalue weighted by Crippen LogP contribution is -2.51. The van der Waals surface area contributed by atoms with E-state index in [1.165, 1.54) is 13.3 Å². The predicted molar refractivity (Wildman–Crippen MR) is 70.3 cm³/mol. The Bertz CT molecular complexity index is 548. The van der Waals surface area contributed by atoms with Crippen LogP contribution in [-0.4, -0.2) is 59.5 Å². The quantitative estimate of drug-likeness (QED) is 0.712. The molecule has 1 atom stereocenters. The third kappa shape index (κ3) is 2.19. The van der Waals surface area contributed by atoms with Gasteiger partial charge in [-0.1, -0.05) is 0 Å². The summed E-state index contributed by atoms with van der Waals surface area (Å²) >= 11 is 0. The summed E-state index contributed by atoms with van der Waals surface area (Å²) in [6, 6.07) is 0.250. The Morgan fingerprint density at radius 3 is 3.05 bits per heavy atom. The lowest BCUT2D eigenvalue weighted by atomic mass is 10.1. The number of anilines is 1. The fourth-order valence-corrected chi connectivity index (χ4v) is 2.78. The zero-order chi connectivity index (χ0) is 14.1. The number of rotatable bonds is 2. The van der Waals surface area contributed by atoms with Crippen molar-refractivity contribution in [1.82, 2.24) is 14.9 Å². The molecular weight excluding hydrogens is 260 g/mol. The van der Waals surface area contributed by atoms with E-state index in [4.69, 9.17) is 0 Å². The largest absolute Gasteiger partial charge is 0.464 e. The van der Waals surface area contributed by atoms with E-state index in [9.17, 15) is 9.59 Å². The molecule has 0 N–H and O–H groups in total. The van der Waals surface area contributed by atoms with E-state index in [1.54, 1.807) is 6.20 Å². The molecule has 0 aliphatic carbocycles. The van der Waals surface area contributed by atoms with Crippen LogP contribution in [0.1, 0.15) is 23.3 Å². The maximum atomic E-state index is 11.7. The van der Waals surface area contributed by atoms with E-state index >= 15 is 0 Å². The van der Waals surface area contributed by atoms with Crippen LogP contribution in [0.4, 0.5) is 5.82 Å². The van der Waals surface area contributed by atoms with Crippen LogP contribution in [0, 0.1) is 0 Å². The number of nitrogens with zero attached hydrogens (tertiary/aromatic N) is 4. The number of esters is 1. The molecule has 7 heteroatoms. The smallest absolute Gasteiger partial charge is 0.358 e. The summed E-state index contributed by atoms with van der Waals surface area (Å²) in [7, 11) is 1.32. The SMILES string of the molecule is COC(=O)c1cncc(N2CCN3C(=O)CCC3C2)n1. The molecule has 0 spiro atoms. The monoisotopic (exact) mass is 276 g/mol. The van der Waals surface area contributed by atoms with Crippen LogP contribution in [0.2, 0.25) is 0 Å². The Balaban J connectivity index is 1.77. The number of fused-ring (bicyclic) bond motifs is 1. The van der Waals surface area contributed by atoms with Crippen LogP contribution < -0.4 is 4.90 Å². The van der Waals surface area contributed by atoms with E-state index < -0.39 is 5.97 Å². The number of piperazine rings is 1. The standard InChI is InChI=1S/C13H16N4O3/c1-20-13(19)10-6-14-7-11(15-10)16-4-5-17-9(8-16)2-3-12(17)18/h6-7,9H,2-5,8H2,1H3. The van der Waals surface area contributed by atoms with Gasteiger partial charge in [-0.25, -0.2) is 9.78 Å². The van der Waals surface area contributed by atoms with Crippen LogP contribution >= 0.6 is 0 Å². The fourth-order valence-electron chi connectivity index (χ4n) is 2.78. The molecule has 0 aromatic carbocycles. The third-order valence-corrected chi connectivity index (χ3v) is 3.83. The number of aromatic nitrogens is 2. The van der Waals surface area contributed by atoms with Gasteiger partial charge in [0.05, 0.1) is 19.5 Å². The Hall–Kier alpha value is -2.18. The van der Waals surface area contributed by atoms with Crippen molar-refractivity contribution in [3.8, 4) is 0 Å². The molecule has 2 fully saturated rings. The molecule has 0 saturated carbocycles. The van der Waals surface area contributed by atoms with E-state index in [-0.39, 0.29) is 17.6 Å². The normalized spacial score (nSPS) is 21.9. The summed E-state index contributed by atoms with van der Waals surface area (Å²) < 4.78 is 4.65. The van der Waals surface area contributed by atoms with Gasteiger partial charge in [0.15, 0.2) is 5.69 Å². The highest BCUT2D eigenvalue weighted by atomic mass is 16.5. The molecule has 1 aromatic heterocycles. The second-order valence-electron chi connectivity index (χ2n) is 4.98. The van der Waals surface area contributed by atoms with E-state index in [0.29, 0.717) is 25.3 Å². The van der Waals surface area contributed by atoms with Crippen molar-refractivity contribution < 1.29 is 14.3 Å². The first-order chi connectivity index (χ1) is 9.69. The lowest BCUT2D eigenvalue weighted by Gasteiger charge is -2.38. The van der Waals surface area contributed by atoms with Gasteiger partial charge in [-0.05, 0) is 6.42 Å². The number of hydrogen-bond acceptors (Lipinski definition) is 6. The zero-order valence-electron chi connectivity index (χ0n) is 11.3. The van der Waals surface area contributed by atoms with E-state index in [2.05, 4.69) is 19.6 Å². The molecule has 1 unspecified atom stereocenters. The van der Waals surface area contributed by atoms with Crippen LogP contribution in [-0.2, 0) is 9.53 Å². The minimum absolute atomic E-state index is 0.204. The second kappa shape index (κ2) is 5.07. The number of hydrogen-bond donors (Lipinski definition) is 0. The zero-order valence-corrected chi connectivity index (χ0v) is 11.3. The molecule has 2 saturated heterocycles. The molecule has 1 amide bonds. The first-order valence-corrected chi connectivity index (χ1v) is 6.64. The van der Waals surface area contributed by atoms with Gasteiger partial charge in [-0.3, -0.25) is 9.78 Å². The van der Waals surface area contributed by atoms with Gasteiger partial charge in [0.2, 0.25) is 5.91 Å². The molecule has 2 aliphatic heterocycles. The average Bonchev–Trinajstić information content (AvgIpc) is 2.87. The molecular formula is C13H16N4O3. The molecule has 7 nitrogen and oxygen atoms in total. The van der Waals surface area contributed by atoms with Crippen LogP contribution in [0.15, 0.2) is 12.4 Å². The Kier molecular flexibility index (Phi) is 3.25. The van der Waals surface area contributed by atoms with Gasteiger partial charge in [-0.2, -0.15) is 0 Å². The van der Waals surface area contributed by atoms with Crippen LogP contribution in [0.25, 0.3) is 0 Å². The summed E-state index contributed by atoms with van der Waals surface area (Å²) in [5.74, 6) is 0.407. The highest BCUT2D eigenvalue weighted by Gasteiger charge is 2.35. The summed E-state index contributed by atoms with van der Waals surface area (Å²) in [5.41, 5.74) is 0.204. The molecule has 3 heterocycles.